The van der Waals surface area contributed by atoms with Crippen molar-refractivity contribution in [2.75, 3.05) is 38.5 Å². The molecule has 4 aromatic rings. The van der Waals surface area contributed by atoms with Gasteiger partial charge in [-0.2, -0.15) is 9.97 Å². The molecule has 0 radical (unpaired) electrons. The van der Waals surface area contributed by atoms with Gasteiger partial charge >= 0.3 is 6.01 Å². The highest BCUT2D eigenvalue weighted by atomic mass is 32.2. The number of halogens is 3. The fraction of sp³-hybridized carbons (Fsp3) is 0.514. The molecule has 0 bridgehead atoms. The van der Waals surface area contributed by atoms with Gasteiger partial charge in [0.2, 0.25) is 0 Å². The molecule has 4 saturated heterocycles. The van der Waals surface area contributed by atoms with E-state index in [0.29, 0.717) is 59.1 Å². The summed E-state index contributed by atoms with van der Waals surface area (Å²) in [5.41, 5.74) is 0.162. The van der Waals surface area contributed by atoms with E-state index in [0.717, 1.165) is 45.2 Å². The van der Waals surface area contributed by atoms with Gasteiger partial charge in [-0.15, -0.1) is 0 Å². The molecule has 0 saturated carbocycles. The summed E-state index contributed by atoms with van der Waals surface area (Å²) in [6.45, 7) is 4.70. The van der Waals surface area contributed by atoms with E-state index in [9.17, 15) is 14.0 Å². The number of alkyl halides is 1. The molecule has 1 spiro atoms. The lowest BCUT2D eigenvalue weighted by atomic mass is 9.74. The van der Waals surface area contributed by atoms with Crippen LogP contribution in [-0.2, 0) is 17.6 Å². The average molecular weight is 666 g/mol. The van der Waals surface area contributed by atoms with Gasteiger partial charge in [0.15, 0.2) is 11.1 Å². The van der Waals surface area contributed by atoms with E-state index in [2.05, 4.69) is 20.2 Å². The number of ether oxygens (including phenoxy) is 1. The van der Waals surface area contributed by atoms with E-state index < -0.39 is 39.8 Å². The number of fused-ring (bicyclic) bond motifs is 3. The minimum absolute atomic E-state index is 0.0423. The van der Waals surface area contributed by atoms with Crippen LogP contribution in [0.4, 0.5) is 13.2 Å². The maximum Gasteiger partial charge on any atom is 0.317 e. The number of nitrogens with one attached hydrogen (secondary N) is 1. The summed E-state index contributed by atoms with van der Waals surface area (Å²) >= 11 is -1.27. The third-order valence-electron chi connectivity index (χ3n) is 11.1. The van der Waals surface area contributed by atoms with E-state index in [1.54, 1.807) is 6.07 Å². The lowest BCUT2D eigenvalue weighted by molar-refractivity contribution is 0.107. The zero-order chi connectivity index (χ0) is 32.5. The van der Waals surface area contributed by atoms with Gasteiger partial charge in [-0.05, 0) is 90.9 Å². The Morgan fingerprint density at radius 1 is 1.17 bits per heavy atom. The van der Waals surface area contributed by atoms with Crippen LogP contribution in [-0.4, -0.2) is 79.8 Å². The highest BCUT2D eigenvalue weighted by Gasteiger charge is 2.55. The summed E-state index contributed by atoms with van der Waals surface area (Å²) in [6.07, 6.45) is 5.56. The molecule has 8 nitrogen and oxygen atoms in total. The standard InChI is InChI=1S/C35H38F3N5O3S/c1-2-23-26(37)6-5-20-13-22(44)14-24(27(20)23)29-28(38)30-25(16-40-29)31(32-34(9-12-47(32)45)7-3-10-39-18-34)42-33(41-30)46-19-35-8-4-11-43(35)17-21(36)15-35/h5-6,13-14,16,21,32,39,44H,2-4,7-12,15,17-19H2,1H3/t21-,32?,34?,35+,47?/m1/s1. The van der Waals surface area contributed by atoms with Crippen LogP contribution < -0.4 is 10.1 Å². The van der Waals surface area contributed by atoms with E-state index >= 15 is 8.78 Å². The van der Waals surface area contributed by atoms with Gasteiger partial charge in [0.25, 0.3) is 0 Å². The quantitative estimate of drug-likeness (QED) is 0.245. The van der Waals surface area contributed by atoms with Crippen molar-refractivity contribution < 1.29 is 27.6 Å². The maximum atomic E-state index is 17.0. The smallest absolute Gasteiger partial charge is 0.317 e. The second kappa shape index (κ2) is 11.7. The number of benzene rings is 2. The number of aromatic hydroxyl groups is 1. The molecule has 248 valence electrons. The summed E-state index contributed by atoms with van der Waals surface area (Å²) < 4.78 is 66.6. The Labute approximate surface area is 274 Å². The zero-order valence-electron chi connectivity index (χ0n) is 26.3. The molecule has 4 aliphatic rings. The monoisotopic (exact) mass is 665 g/mol. The Balaban J connectivity index is 1.31. The number of nitrogens with zero attached hydrogens (tertiary/aromatic N) is 4. The normalized spacial score (nSPS) is 29.3. The predicted octanol–water partition coefficient (Wildman–Crippen LogP) is 5.91. The van der Waals surface area contributed by atoms with Gasteiger partial charge in [0.05, 0.1) is 5.54 Å². The topological polar surface area (TPSA) is 106 Å². The van der Waals surface area contributed by atoms with Crippen LogP contribution in [0.1, 0.15) is 62.0 Å². The van der Waals surface area contributed by atoms with Crippen molar-refractivity contribution in [3.8, 4) is 23.0 Å². The molecular weight excluding hydrogens is 627 g/mol. The van der Waals surface area contributed by atoms with Crippen LogP contribution in [0, 0.1) is 17.0 Å². The van der Waals surface area contributed by atoms with E-state index in [4.69, 9.17) is 9.72 Å². The molecule has 0 aliphatic carbocycles. The van der Waals surface area contributed by atoms with Gasteiger partial charge in [-0.3, -0.25) is 9.88 Å². The molecule has 47 heavy (non-hydrogen) atoms. The summed E-state index contributed by atoms with van der Waals surface area (Å²) in [7, 11) is 0. The Morgan fingerprint density at radius 3 is 2.85 bits per heavy atom. The van der Waals surface area contributed by atoms with Crippen LogP contribution in [0.25, 0.3) is 32.9 Å². The molecule has 3 unspecified atom stereocenters. The van der Waals surface area contributed by atoms with Crippen LogP contribution >= 0.6 is 0 Å². The number of phenolic OH excluding ortho intramolecular Hbond substituents is 1. The second-order valence-corrected chi connectivity index (χ2v) is 15.4. The third kappa shape index (κ3) is 5.05. The highest BCUT2D eigenvalue weighted by molar-refractivity contribution is 7.92. The minimum Gasteiger partial charge on any atom is -0.616 e. The lowest BCUT2D eigenvalue weighted by Crippen LogP contribution is -2.44. The Bertz CT molecular complexity index is 1870. The first-order valence-electron chi connectivity index (χ1n) is 16.6. The van der Waals surface area contributed by atoms with Crippen molar-refractivity contribution >= 4 is 32.9 Å². The first-order valence-corrected chi connectivity index (χ1v) is 18.0. The summed E-state index contributed by atoms with van der Waals surface area (Å²) in [5, 5.41) is 15.0. The molecule has 2 aromatic carbocycles. The Morgan fingerprint density at radius 2 is 2.04 bits per heavy atom. The van der Waals surface area contributed by atoms with Gasteiger partial charge in [-0.25, -0.2) is 13.2 Å². The molecule has 12 heteroatoms. The molecule has 8 rings (SSSR count). The SMILES string of the molecule is CCc1c(F)ccc2cc(O)cc(-c3ncc4c(C5[S+]([O-])CCC56CCCNC6)nc(OC[C@@]56CCCN5C[C@H](F)C6)nc4c3F)c12. The van der Waals surface area contributed by atoms with Gasteiger partial charge in [0, 0.05) is 48.5 Å². The van der Waals surface area contributed by atoms with Gasteiger partial charge in [0.1, 0.15) is 47.0 Å². The largest absolute Gasteiger partial charge is 0.616 e. The van der Waals surface area contributed by atoms with Gasteiger partial charge < -0.3 is 19.7 Å². The van der Waals surface area contributed by atoms with Crippen molar-refractivity contribution in [1.29, 1.82) is 0 Å². The molecule has 4 fully saturated rings. The first-order chi connectivity index (χ1) is 22.7. The lowest BCUT2D eigenvalue weighted by Gasteiger charge is -2.37. The second-order valence-electron chi connectivity index (χ2n) is 13.8. The van der Waals surface area contributed by atoms with Crippen molar-refractivity contribution in [2.45, 2.75) is 68.8 Å². The average Bonchev–Trinajstić information content (AvgIpc) is 3.69. The number of piperidine rings is 1. The number of rotatable bonds is 6. The summed E-state index contributed by atoms with van der Waals surface area (Å²) in [6, 6.07) is 5.77. The first kappa shape index (κ1) is 31.1. The number of hydrogen-bond acceptors (Lipinski definition) is 8. The van der Waals surface area contributed by atoms with E-state index in [1.165, 1.54) is 24.4 Å². The summed E-state index contributed by atoms with van der Waals surface area (Å²) in [4.78, 5) is 16.1. The van der Waals surface area contributed by atoms with Crippen LogP contribution in [0.5, 0.6) is 11.8 Å². The van der Waals surface area contributed by atoms with Crippen LogP contribution in [0.15, 0.2) is 30.5 Å². The Hall–Kier alpha value is -3.19. The van der Waals surface area contributed by atoms with Crippen molar-refractivity contribution in [1.82, 2.24) is 25.2 Å². The molecule has 0 amide bonds. The molecule has 2 aromatic heterocycles. The zero-order valence-corrected chi connectivity index (χ0v) is 27.1. The van der Waals surface area contributed by atoms with Crippen molar-refractivity contribution in [3.05, 3.63) is 53.4 Å². The number of pyridine rings is 1. The fourth-order valence-electron chi connectivity index (χ4n) is 8.86. The summed E-state index contributed by atoms with van der Waals surface area (Å²) in [5.74, 6) is -0.782. The van der Waals surface area contributed by atoms with E-state index in [-0.39, 0.29) is 40.6 Å². The minimum atomic E-state index is -1.27. The van der Waals surface area contributed by atoms with Gasteiger partial charge in [-0.1, -0.05) is 13.0 Å². The van der Waals surface area contributed by atoms with E-state index in [1.807, 2.05) is 6.92 Å². The fourth-order valence-corrected chi connectivity index (χ4v) is 11.0. The number of aryl methyl sites for hydroxylation is 1. The number of hydrogen-bond donors (Lipinski definition) is 2. The number of phenols is 1. The molecule has 4 aliphatic heterocycles. The predicted molar refractivity (Wildman–Crippen MR) is 175 cm³/mol. The molecule has 5 atom stereocenters. The molecule has 2 N–H and O–H groups in total. The van der Waals surface area contributed by atoms with Crippen LogP contribution in [0.3, 0.4) is 0 Å². The molecular formula is C35H38F3N5O3S. The third-order valence-corrected chi connectivity index (χ3v) is 12.9. The number of aromatic nitrogens is 3. The van der Waals surface area contributed by atoms with Crippen molar-refractivity contribution in [3.63, 3.8) is 0 Å². The van der Waals surface area contributed by atoms with Crippen LogP contribution in [0.2, 0.25) is 0 Å². The Kier molecular flexibility index (Phi) is 7.77. The highest BCUT2D eigenvalue weighted by Crippen LogP contribution is 2.54. The molecule has 6 heterocycles. The maximum absolute atomic E-state index is 17.0. The van der Waals surface area contributed by atoms with Crippen molar-refractivity contribution in [2.24, 2.45) is 5.41 Å².